The Bertz CT molecular complexity index is 971. The Labute approximate surface area is 160 Å². The highest BCUT2D eigenvalue weighted by atomic mass is 35.5. The molecule has 1 atom stereocenters. The minimum absolute atomic E-state index is 0.0696. The number of ether oxygens (including phenoxy) is 1. The van der Waals surface area contributed by atoms with E-state index in [1.54, 1.807) is 0 Å². The van der Waals surface area contributed by atoms with Crippen LogP contribution in [-0.4, -0.2) is 39.5 Å². The maximum Gasteiger partial charge on any atom is 0.178 e. The molecule has 1 aliphatic carbocycles. The smallest absolute Gasteiger partial charge is 0.178 e. The van der Waals surface area contributed by atoms with Gasteiger partial charge in [0, 0.05) is 19.0 Å². The third kappa shape index (κ3) is 2.92. The Hall–Kier alpha value is -1.89. The second-order valence-electron chi connectivity index (χ2n) is 6.77. The number of hydrogen-bond donors (Lipinski definition) is 0. The largest absolute Gasteiger partial charge is 0.370 e. The lowest BCUT2D eigenvalue weighted by molar-refractivity contribution is 0.0394. The summed E-state index contributed by atoms with van der Waals surface area (Å²) < 4.78 is 7.84. The first-order valence-electron chi connectivity index (χ1n) is 8.73. The van der Waals surface area contributed by atoms with Gasteiger partial charge in [0.25, 0.3) is 0 Å². The number of benzene rings is 1. The van der Waals surface area contributed by atoms with E-state index in [1.165, 1.54) is 12.8 Å². The molecule has 8 heteroatoms. The number of hydrogen-bond acceptors (Lipinski definition) is 5. The molecule has 134 valence electrons. The summed E-state index contributed by atoms with van der Waals surface area (Å²) in [7, 11) is 0. The number of anilines is 1. The summed E-state index contributed by atoms with van der Waals surface area (Å²) in [6, 6.07) is 9.62. The lowest BCUT2D eigenvalue weighted by Crippen LogP contribution is -2.39. The van der Waals surface area contributed by atoms with Crippen molar-refractivity contribution in [1.82, 2.24) is 19.8 Å². The van der Waals surface area contributed by atoms with Crippen LogP contribution in [0.5, 0.6) is 0 Å². The van der Waals surface area contributed by atoms with Crippen LogP contribution in [0.1, 0.15) is 36.3 Å². The zero-order valence-electron chi connectivity index (χ0n) is 14.0. The Morgan fingerprint density at radius 3 is 2.73 bits per heavy atom. The first-order chi connectivity index (χ1) is 12.7. The molecule has 6 nitrogen and oxygen atoms in total. The zero-order valence-corrected chi connectivity index (χ0v) is 15.5. The van der Waals surface area contributed by atoms with Gasteiger partial charge in [0.1, 0.15) is 11.9 Å². The van der Waals surface area contributed by atoms with E-state index in [-0.39, 0.29) is 6.10 Å². The molecule has 1 saturated carbocycles. The summed E-state index contributed by atoms with van der Waals surface area (Å²) in [5, 5.41) is 14.4. The van der Waals surface area contributed by atoms with Crippen LogP contribution >= 0.6 is 23.2 Å². The van der Waals surface area contributed by atoms with Crippen molar-refractivity contribution in [3.63, 3.8) is 0 Å². The summed E-state index contributed by atoms with van der Waals surface area (Å²) in [4.78, 5) is 2.23. The minimum atomic E-state index is -0.0696. The maximum atomic E-state index is 6.16. The third-order valence-corrected chi connectivity index (χ3v) is 5.66. The molecule has 2 aromatic heterocycles. The highest BCUT2D eigenvalue weighted by Gasteiger charge is 2.30. The van der Waals surface area contributed by atoms with Crippen LogP contribution in [0.15, 0.2) is 30.3 Å². The molecule has 1 saturated heterocycles. The van der Waals surface area contributed by atoms with Crippen molar-refractivity contribution in [1.29, 1.82) is 0 Å². The second kappa shape index (κ2) is 6.37. The third-order valence-electron chi connectivity index (χ3n) is 4.92. The first kappa shape index (κ1) is 16.3. The van der Waals surface area contributed by atoms with E-state index in [0.29, 0.717) is 29.1 Å². The van der Waals surface area contributed by atoms with E-state index < -0.39 is 0 Å². The SMILES string of the molecule is Clc1ccc(C2CN(c3ccc4nnc(C5CC5)n4n3)CCO2)cc1Cl. The molecular weight excluding hydrogens is 373 g/mol. The highest BCUT2D eigenvalue weighted by molar-refractivity contribution is 6.42. The van der Waals surface area contributed by atoms with Gasteiger partial charge in [0.05, 0.1) is 16.7 Å². The molecule has 0 amide bonds. The average molecular weight is 390 g/mol. The molecule has 0 radical (unpaired) electrons. The second-order valence-corrected chi connectivity index (χ2v) is 7.59. The van der Waals surface area contributed by atoms with Gasteiger partial charge < -0.3 is 9.64 Å². The van der Waals surface area contributed by atoms with Crippen LogP contribution in [0.25, 0.3) is 5.65 Å². The van der Waals surface area contributed by atoms with Crippen molar-refractivity contribution in [2.24, 2.45) is 0 Å². The number of halogens is 2. The fourth-order valence-corrected chi connectivity index (χ4v) is 3.64. The van der Waals surface area contributed by atoms with Crippen LogP contribution in [0, 0.1) is 0 Å². The Kier molecular flexibility index (Phi) is 3.99. The van der Waals surface area contributed by atoms with E-state index in [1.807, 2.05) is 34.8 Å². The van der Waals surface area contributed by atoms with Gasteiger partial charge in [0.15, 0.2) is 11.5 Å². The molecule has 3 heterocycles. The molecule has 2 aliphatic rings. The molecule has 26 heavy (non-hydrogen) atoms. The number of aromatic nitrogens is 4. The van der Waals surface area contributed by atoms with Crippen LogP contribution in [0.3, 0.4) is 0 Å². The predicted molar refractivity (Wildman–Crippen MR) is 100 cm³/mol. The Balaban J connectivity index is 1.43. The highest BCUT2D eigenvalue weighted by Crippen LogP contribution is 2.39. The fourth-order valence-electron chi connectivity index (χ4n) is 3.33. The maximum absolute atomic E-state index is 6.16. The average Bonchev–Trinajstić information content (AvgIpc) is 3.43. The van der Waals surface area contributed by atoms with E-state index in [0.717, 1.165) is 29.4 Å². The van der Waals surface area contributed by atoms with E-state index in [2.05, 4.69) is 15.1 Å². The fraction of sp³-hybridized carbons (Fsp3) is 0.389. The quantitative estimate of drug-likeness (QED) is 0.679. The Morgan fingerprint density at radius 1 is 1.04 bits per heavy atom. The lowest BCUT2D eigenvalue weighted by Gasteiger charge is -2.34. The first-order valence-corrected chi connectivity index (χ1v) is 9.48. The molecule has 2 fully saturated rings. The lowest BCUT2D eigenvalue weighted by atomic mass is 10.1. The van der Waals surface area contributed by atoms with Crippen LogP contribution < -0.4 is 4.90 Å². The topological polar surface area (TPSA) is 55.6 Å². The minimum Gasteiger partial charge on any atom is -0.370 e. The van der Waals surface area contributed by atoms with Crippen LogP contribution in [0.2, 0.25) is 10.0 Å². The number of fused-ring (bicyclic) bond motifs is 1. The molecule has 0 bridgehead atoms. The number of morpholine rings is 1. The zero-order chi connectivity index (χ0) is 17.7. The molecule has 0 spiro atoms. The van der Waals surface area contributed by atoms with Crippen molar-refractivity contribution >= 4 is 34.7 Å². The Morgan fingerprint density at radius 2 is 1.92 bits per heavy atom. The van der Waals surface area contributed by atoms with Gasteiger partial charge in [-0.05, 0) is 42.7 Å². The molecule has 1 aliphatic heterocycles. The van der Waals surface area contributed by atoms with Gasteiger partial charge in [-0.2, -0.15) is 4.52 Å². The van der Waals surface area contributed by atoms with Crippen LogP contribution in [0.4, 0.5) is 5.82 Å². The summed E-state index contributed by atoms with van der Waals surface area (Å²) in [5.41, 5.74) is 1.82. The number of nitrogens with zero attached hydrogens (tertiary/aromatic N) is 5. The van der Waals surface area contributed by atoms with E-state index >= 15 is 0 Å². The van der Waals surface area contributed by atoms with Crippen molar-refractivity contribution in [3.8, 4) is 0 Å². The molecular formula is C18H17Cl2N5O. The molecule has 1 aromatic carbocycles. The molecule has 3 aromatic rings. The van der Waals surface area contributed by atoms with Gasteiger partial charge in [-0.25, -0.2) is 0 Å². The van der Waals surface area contributed by atoms with E-state index in [9.17, 15) is 0 Å². The van der Waals surface area contributed by atoms with Crippen molar-refractivity contribution in [3.05, 3.63) is 51.8 Å². The predicted octanol–water partition coefficient (Wildman–Crippen LogP) is 3.89. The van der Waals surface area contributed by atoms with Gasteiger partial charge in [-0.3, -0.25) is 0 Å². The summed E-state index contributed by atoms with van der Waals surface area (Å²) in [6.07, 6.45) is 2.27. The van der Waals surface area contributed by atoms with Gasteiger partial charge in [-0.1, -0.05) is 29.3 Å². The van der Waals surface area contributed by atoms with E-state index in [4.69, 9.17) is 33.0 Å². The van der Waals surface area contributed by atoms with Crippen molar-refractivity contribution < 1.29 is 4.74 Å². The molecule has 1 unspecified atom stereocenters. The van der Waals surface area contributed by atoms with Gasteiger partial charge in [-0.15, -0.1) is 15.3 Å². The summed E-state index contributed by atoms with van der Waals surface area (Å²) in [6.45, 7) is 2.12. The molecule has 5 rings (SSSR count). The number of rotatable bonds is 3. The van der Waals surface area contributed by atoms with Gasteiger partial charge in [0.2, 0.25) is 0 Å². The van der Waals surface area contributed by atoms with Gasteiger partial charge >= 0.3 is 0 Å². The van der Waals surface area contributed by atoms with Crippen LogP contribution in [-0.2, 0) is 4.74 Å². The van der Waals surface area contributed by atoms with Crippen molar-refractivity contribution in [2.45, 2.75) is 24.9 Å². The normalized spacial score (nSPS) is 20.7. The standard InChI is InChI=1S/C18H17Cl2N5O/c19-13-4-3-12(9-14(13)20)15-10-24(7-8-26-15)17-6-5-16-21-22-18(11-1-2-11)25(16)23-17/h3-6,9,11,15H,1-2,7-8,10H2. The molecule has 0 N–H and O–H groups in total. The summed E-state index contributed by atoms with van der Waals surface area (Å²) in [5.74, 6) is 2.38. The summed E-state index contributed by atoms with van der Waals surface area (Å²) >= 11 is 12.2. The monoisotopic (exact) mass is 389 g/mol. The van der Waals surface area contributed by atoms with Crippen molar-refractivity contribution in [2.75, 3.05) is 24.6 Å².